The van der Waals surface area contributed by atoms with E-state index in [1.54, 1.807) is 18.2 Å². The van der Waals surface area contributed by atoms with Gasteiger partial charge in [0.15, 0.2) is 0 Å². The van der Waals surface area contributed by atoms with Gasteiger partial charge in [0.1, 0.15) is 11.8 Å². The van der Waals surface area contributed by atoms with Gasteiger partial charge in [0.25, 0.3) is 10.0 Å². The molecule has 188 valence electrons. The summed E-state index contributed by atoms with van der Waals surface area (Å²) in [5.41, 5.74) is 0.574. The maximum absolute atomic E-state index is 13.7. The quantitative estimate of drug-likeness (QED) is 0.509. The predicted molar refractivity (Wildman–Crippen MR) is 129 cm³/mol. The van der Waals surface area contributed by atoms with Gasteiger partial charge in [-0.3, -0.25) is 14.4 Å². The summed E-state index contributed by atoms with van der Waals surface area (Å²) < 4.78 is 37.8. The van der Waals surface area contributed by atoms with E-state index in [0.29, 0.717) is 25.7 Å². The summed E-state index contributed by atoms with van der Waals surface area (Å²) in [5.74, 6) is -2.61. The zero-order valence-corrected chi connectivity index (χ0v) is 21.3. The summed E-state index contributed by atoms with van der Waals surface area (Å²) in [6, 6.07) is 8.67. The molecule has 3 rings (SSSR count). The number of carbonyl (C=O) groups excluding carboxylic acids is 3. The van der Waals surface area contributed by atoms with Crippen LogP contribution in [0, 0.1) is 5.92 Å². The Morgan fingerprint density at radius 3 is 2.37 bits per heavy atom. The van der Waals surface area contributed by atoms with Gasteiger partial charge in [-0.25, -0.2) is 12.7 Å². The van der Waals surface area contributed by atoms with Gasteiger partial charge in [0.05, 0.1) is 25.0 Å². The maximum atomic E-state index is 13.7. The van der Waals surface area contributed by atoms with Gasteiger partial charge in [-0.2, -0.15) is 0 Å². The number of rotatable bonds is 8. The van der Waals surface area contributed by atoms with Crippen LogP contribution in [0.25, 0.3) is 0 Å². The van der Waals surface area contributed by atoms with E-state index in [0.717, 1.165) is 0 Å². The molecular weight excluding hydrogens is 519 g/mol. The molecule has 1 saturated heterocycles. The first-order valence-electron chi connectivity index (χ1n) is 10.6. The maximum Gasteiger partial charge on any atom is 0.305 e. The van der Waals surface area contributed by atoms with E-state index < -0.39 is 39.8 Å². The van der Waals surface area contributed by atoms with Crippen LogP contribution in [0.3, 0.4) is 0 Å². The number of methoxy groups -OCH3 is 2. The average molecular weight is 543 g/mol. The Labute approximate surface area is 213 Å². The molecule has 0 radical (unpaired) electrons. The lowest BCUT2D eigenvalue weighted by Crippen LogP contribution is -2.50. The van der Waals surface area contributed by atoms with E-state index in [2.05, 4.69) is 10.1 Å². The summed E-state index contributed by atoms with van der Waals surface area (Å²) in [4.78, 5) is 38.3. The van der Waals surface area contributed by atoms with Gasteiger partial charge in [-0.1, -0.05) is 23.2 Å². The van der Waals surface area contributed by atoms with Gasteiger partial charge < -0.3 is 14.8 Å². The largest absolute Gasteiger partial charge is 0.496 e. The summed E-state index contributed by atoms with van der Waals surface area (Å²) in [6.07, 6.45) is -0.454. The lowest BCUT2D eigenvalue weighted by atomic mass is 9.97. The molecule has 2 amide bonds. The SMILES string of the molecule is COC(=O)CC[C@@H]1C(=O)NC[C@H](Cc2cc(Cl)ccc2OC)C(=O)N1S(=O)(=O)c1ccc(Cl)cc1. The Morgan fingerprint density at radius 2 is 1.74 bits per heavy atom. The van der Waals surface area contributed by atoms with Crippen LogP contribution in [0.15, 0.2) is 47.4 Å². The zero-order chi connectivity index (χ0) is 25.8. The highest BCUT2D eigenvalue weighted by molar-refractivity contribution is 7.89. The highest BCUT2D eigenvalue weighted by Crippen LogP contribution is 2.30. The fourth-order valence-corrected chi connectivity index (χ4v) is 5.76. The number of benzene rings is 2. The molecule has 1 N–H and O–H groups in total. The molecule has 9 nitrogen and oxygen atoms in total. The van der Waals surface area contributed by atoms with E-state index in [1.165, 1.54) is 38.5 Å². The topological polar surface area (TPSA) is 119 Å². The second-order valence-electron chi connectivity index (χ2n) is 7.83. The van der Waals surface area contributed by atoms with E-state index in [4.69, 9.17) is 27.9 Å². The number of halogens is 2. The summed E-state index contributed by atoms with van der Waals surface area (Å²) in [5, 5.41) is 3.35. The molecule has 0 bridgehead atoms. The van der Waals surface area contributed by atoms with Crippen LogP contribution < -0.4 is 10.1 Å². The molecule has 1 heterocycles. The van der Waals surface area contributed by atoms with Crippen molar-refractivity contribution in [2.45, 2.75) is 30.2 Å². The molecule has 2 aromatic carbocycles. The predicted octanol–water partition coefficient (Wildman–Crippen LogP) is 2.83. The molecule has 2 aromatic rings. The molecule has 2 atom stereocenters. The Kier molecular flexibility index (Phi) is 8.63. The Morgan fingerprint density at radius 1 is 1.09 bits per heavy atom. The average Bonchev–Trinajstić information content (AvgIpc) is 2.94. The van der Waals surface area contributed by atoms with Gasteiger partial charge in [0, 0.05) is 23.0 Å². The third-order valence-electron chi connectivity index (χ3n) is 5.60. The number of carbonyl (C=O) groups is 3. The van der Waals surface area contributed by atoms with E-state index in [-0.39, 0.29) is 30.7 Å². The number of amides is 2. The zero-order valence-electron chi connectivity index (χ0n) is 19.0. The smallest absolute Gasteiger partial charge is 0.305 e. The molecule has 0 aliphatic carbocycles. The molecule has 35 heavy (non-hydrogen) atoms. The second kappa shape index (κ2) is 11.3. The van der Waals surface area contributed by atoms with E-state index >= 15 is 0 Å². The minimum atomic E-state index is -4.48. The number of nitrogens with zero attached hydrogens (tertiary/aromatic N) is 1. The van der Waals surface area contributed by atoms with Gasteiger partial charge in [-0.05, 0) is 60.9 Å². The molecule has 12 heteroatoms. The highest BCUT2D eigenvalue weighted by Gasteiger charge is 2.45. The minimum absolute atomic E-state index is 0.0548. The molecule has 1 fully saturated rings. The summed E-state index contributed by atoms with van der Waals surface area (Å²) in [6.45, 7) is -0.116. The fraction of sp³-hybridized carbons (Fsp3) is 0.348. The van der Waals surface area contributed by atoms with Gasteiger partial charge in [0.2, 0.25) is 11.8 Å². The fourth-order valence-electron chi connectivity index (χ4n) is 3.81. The van der Waals surface area contributed by atoms with Crippen molar-refractivity contribution in [3.63, 3.8) is 0 Å². The van der Waals surface area contributed by atoms with Crippen molar-refractivity contribution < 1.29 is 32.3 Å². The molecular formula is C23H24Cl2N2O7S. The molecule has 0 unspecified atom stereocenters. The Hall–Kier alpha value is -2.82. The second-order valence-corrected chi connectivity index (χ2v) is 10.5. The minimum Gasteiger partial charge on any atom is -0.496 e. The van der Waals surface area contributed by atoms with Crippen molar-refractivity contribution in [1.29, 1.82) is 0 Å². The van der Waals surface area contributed by atoms with Crippen molar-refractivity contribution in [1.82, 2.24) is 9.62 Å². The summed E-state index contributed by atoms with van der Waals surface area (Å²) >= 11 is 12.0. The Bertz CT molecular complexity index is 1220. The first kappa shape index (κ1) is 26.8. The third-order valence-corrected chi connectivity index (χ3v) is 7.91. The third kappa shape index (κ3) is 6.06. The van der Waals surface area contributed by atoms with Crippen LogP contribution in [0.4, 0.5) is 0 Å². The Balaban J connectivity index is 2.05. The lowest BCUT2D eigenvalue weighted by Gasteiger charge is -2.29. The van der Waals surface area contributed by atoms with Crippen LogP contribution in [0.5, 0.6) is 5.75 Å². The number of hydrogen-bond donors (Lipinski definition) is 1. The van der Waals surface area contributed by atoms with Crippen molar-refractivity contribution in [3.05, 3.63) is 58.1 Å². The number of ether oxygens (including phenoxy) is 2. The van der Waals surface area contributed by atoms with Crippen LogP contribution >= 0.6 is 23.2 Å². The van der Waals surface area contributed by atoms with Crippen LogP contribution in [-0.4, -0.2) is 57.3 Å². The molecule has 0 saturated carbocycles. The molecule has 1 aliphatic heterocycles. The molecule has 0 aromatic heterocycles. The molecule has 0 spiro atoms. The monoisotopic (exact) mass is 542 g/mol. The first-order valence-corrected chi connectivity index (χ1v) is 12.8. The number of sulfonamides is 1. The van der Waals surface area contributed by atoms with Crippen LogP contribution in [0.2, 0.25) is 10.0 Å². The number of hydrogen-bond acceptors (Lipinski definition) is 7. The number of esters is 1. The van der Waals surface area contributed by atoms with Crippen molar-refractivity contribution >= 4 is 51.0 Å². The normalized spacial score (nSPS) is 18.6. The van der Waals surface area contributed by atoms with Crippen LogP contribution in [0.1, 0.15) is 18.4 Å². The van der Waals surface area contributed by atoms with Crippen molar-refractivity contribution in [2.75, 3.05) is 20.8 Å². The van der Waals surface area contributed by atoms with Gasteiger partial charge in [-0.15, -0.1) is 0 Å². The first-order chi connectivity index (χ1) is 16.6. The summed E-state index contributed by atoms with van der Waals surface area (Å²) in [7, 11) is -1.84. The highest BCUT2D eigenvalue weighted by atomic mass is 35.5. The van der Waals surface area contributed by atoms with Crippen LogP contribution in [-0.2, 0) is 35.6 Å². The van der Waals surface area contributed by atoms with E-state index in [1.807, 2.05) is 0 Å². The van der Waals surface area contributed by atoms with Crippen molar-refractivity contribution in [2.24, 2.45) is 5.92 Å². The van der Waals surface area contributed by atoms with Crippen molar-refractivity contribution in [3.8, 4) is 5.75 Å². The lowest BCUT2D eigenvalue weighted by molar-refractivity contribution is -0.142. The number of nitrogens with one attached hydrogen (secondary N) is 1. The van der Waals surface area contributed by atoms with Gasteiger partial charge >= 0.3 is 5.97 Å². The molecule has 1 aliphatic rings. The standard InChI is InChI=1S/C23H24Cl2N2O7S/c1-33-20-9-5-17(25)12-14(20)11-15-13-26-22(29)19(8-10-21(28)34-2)27(23(15)30)35(31,32)18-6-3-16(24)4-7-18/h3-7,9,12,15,19H,8,10-11,13H2,1-2H3,(H,26,29)/t15-,19+/m0/s1. The van der Waals surface area contributed by atoms with E-state index in [9.17, 15) is 22.8 Å².